The van der Waals surface area contributed by atoms with Crippen molar-refractivity contribution < 1.29 is 4.42 Å². The molecule has 140 valence electrons. The van der Waals surface area contributed by atoms with Gasteiger partial charge < -0.3 is 10.2 Å². The lowest BCUT2D eigenvalue weighted by atomic mass is 10.1. The van der Waals surface area contributed by atoms with Gasteiger partial charge in [0.15, 0.2) is 11.3 Å². The molecule has 3 aromatic rings. The largest absolute Gasteiger partial charge is 0.440 e. The van der Waals surface area contributed by atoms with Crippen LogP contribution in [0.4, 0.5) is 5.88 Å². The van der Waals surface area contributed by atoms with Crippen LogP contribution in [0.5, 0.6) is 0 Å². The molecule has 0 aliphatic carbocycles. The van der Waals surface area contributed by atoms with Crippen molar-refractivity contribution in [3.63, 3.8) is 0 Å². The van der Waals surface area contributed by atoms with Crippen LogP contribution in [0.15, 0.2) is 33.6 Å². The molecule has 0 spiro atoms. The summed E-state index contributed by atoms with van der Waals surface area (Å²) in [5.74, 6) is 1.07. The summed E-state index contributed by atoms with van der Waals surface area (Å²) < 4.78 is 5.65. The summed E-state index contributed by atoms with van der Waals surface area (Å²) in [5.41, 5.74) is 9.04. The van der Waals surface area contributed by atoms with Crippen LogP contribution < -0.4 is 11.2 Å². The number of nitrogens with two attached hydrogens (primary N) is 1. The highest BCUT2D eigenvalue weighted by molar-refractivity contribution is 6.31. The van der Waals surface area contributed by atoms with Crippen molar-refractivity contribution in [2.45, 2.75) is 39.3 Å². The summed E-state index contributed by atoms with van der Waals surface area (Å²) in [4.78, 5) is 24.2. The first-order chi connectivity index (χ1) is 13.0. The molecule has 2 aromatic heterocycles. The summed E-state index contributed by atoms with van der Waals surface area (Å²) in [5, 5.41) is 0.953. The average Bonchev–Trinajstić information content (AvgIpc) is 2.66. The van der Waals surface area contributed by atoms with Crippen LogP contribution in [0.3, 0.4) is 0 Å². The maximum Gasteiger partial charge on any atom is 0.199 e. The van der Waals surface area contributed by atoms with Crippen LogP contribution in [0.25, 0.3) is 11.0 Å². The van der Waals surface area contributed by atoms with E-state index in [0.717, 1.165) is 42.9 Å². The number of aryl methyl sites for hydroxylation is 1. The van der Waals surface area contributed by atoms with E-state index in [9.17, 15) is 4.79 Å². The van der Waals surface area contributed by atoms with Gasteiger partial charge in [-0.3, -0.25) is 9.69 Å². The number of anilines is 1. The minimum Gasteiger partial charge on any atom is -0.440 e. The Bertz CT molecular complexity index is 1060. The maximum atomic E-state index is 12.9. The van der Waals surface area contributed by atoms with Gasteiger partial charge in [0.05, 0.1) is 10.9 Å². The number of benzene rings is 1. The van der Waals surface area contributed by atoms with Crippen LogP contribution in [-0.2, 0) is 25.9 Å². The average molecular weight is 385 g/mol. The molecule has 1 aliphatic rings. The second kappa shape index (κ2) is 7.29. The zero-order chi connectivity index (χ0) is 19.0. The van der Waals surface area contributed by atoms with E-state index in [4.69, 9.17) is 21.8 Å². The molecule has 0 atom stereocenters. The van der Waals surface area contributed by atoms with Gasteiger partial charge in [-0.05, 0) is 24.6 Å². The lowest BCUT2D eigenvalue weighted by Crippen LogP contribution is -2.33. The first kappa shape index (κ1) is 17.9. The van der Waals surface area contributed by atoms with Gasteiger partial charge in [0, 0.05) is 55.0 Å². The number of hydrogen-bond donors (Lipinski definition) is 1. The van der Waals surface area contributed by atoms with Crippen molar-refractivity contribution in [1.82, 2.24) is 14.9 Å². The molecule has 0 amide bonds. The lowest BCUT2D eigenvalue weighted by molar-refractivity contribution is 0.241. The van der Waals surface area contributed by atoms with Crippen molar-refractivity contribution in [3.8, 4) is 0 Å². The highest BCUT2D eigenvalue weighted by Gasteiger charge is 2.22. The highest BCUT2D eigenvalue weighted by Crippen LogP contribution is 2.24. The van der Waals surface area contributed by atoms with Gasteiger partial charge in [-0.1, -0.05) is 18.5 Å². The SMILES string of the molecule is CCCc1ncc2c(n1)CCN(Cc1c(N)oc3ccc(Cl)cc3c1=O)C2. The Kier molecular flexibility index (Phi) is 4.85. The van der Waals surface area contributed by atoms with Crippen molar-refractivity contribution in [2.75, 3.05) is 12.3 Å². The molecule has 2 N–H and O–H groups in total. The van der Waals surface area contributed by atoms with Crippen molar-refractivity contribution in [2.24, 2.45) is 0 Å². The van der Waals surface area contributed by atoms with E-state index in [2.05, 4.69) is 21.8 Å². The van der Waals surface area contributed by atoms with E-state index < -0.39 is 0 Å². The molecule has 3 heterocycles. The Morgan fingerprint density at radius 1 is 1.37 bits per heavy atom. The normalized spacial score (nSPS) is 14.4. The molecule has 0 saturated heterocycles. The van der Waals surface area contributed by atoms with Crippen LogP contribution >= 0.6 is 11.6 Å². The molecule has 27 heavy (non-hydrogen) atoms. The summed E-state index contributed by atoms with van der Waals surface area (Å²) >= 11 is 6.03. The van der Waals surface area contributed by atoms with E-state index in [1.165, 1.54) is 0 Å². The second-order valence-electron chi connectivity index (χ2n) is 6.88. The smallest absolute Gasteiger partial charge is 0.199 e. The van der Waals surface area contributed by atoms with Crippen LogP contribution in [0.1, 0.15) is 36.0 Å². The molecule has 0 unspecified atom stereocenters. The third-order valence-electron chi connectivity index (χ3n) is 4.90. The van der Waals surface area contributed by atoms with Gasteiger partial charge in [-0.2, -0.15) is 0 Å². The van der Waals surface area contributed by atoms with Gasteiger partial charge in [-0.25, -0.2) is 9.97 Å². The molecule has 0 radical (unpaired) electrons. The Morgan fingerprint density at radius 2 is 2.22 bits per heavy atom. The first-order valence-electron chi connectivity index (χ1n) is 9.12. The number of fused-ring (bicyclic) bond motifs is 2. The Labute approximate surface area is 162 Å². The van der Waals surface area contributed by atoms with Crippen LogP contribution in [0.2, 0.25) is 5.02 Å². The molecule has 6 nitrogen and oxygen atoms in total. The van der Waals surface area contributed by atoms with E-state index >= 15 is 0 Å². The predicted molar refractivity (Wildman–Crippen MR) is 106 cm³/mol. The van der Waals surface area contributed by atoms with Crippen LogP contribution in [0, 0.1) is 0 Å². The first-order valence-corrected chi connectivity index (χ1v) is 9.49. The fourth-order valence-corrected chi connectivity index (χ4v) is 3.66. The summed E-state index contributed by atoms with van der Waals surface area (Å²) in [7, 11) is 0. The fourth-order valence-electron chi connectivity index (χ4n) is 3.49. The molecule has 1 aromatic carbocycles. The molecule has 7 heteroatoms. The summed E-state index contributed by atoms with van der Waals surface area (Å²) in [6.07, 6.45) is 4.67. The number of hydrogen-bond acceptors (Lipinski definition) is 6. The van der Waals surface area contributed by atoms with E-state index in [1.54, 1.807) is 18.2 Å². The van der Waals surface area contributed by atoms with Gasteiger partial charge in [0.25, 0.3) is 0 Å². The van der Waals surface area contributed by atoms with Gasteiger partial charge in [0.1, 0.15) is 11.4 Å². The Hall–Kier alpha value is -2.44. The monoisotopic (exact) mass is 384 g/mol. The number of nitrogens with zero attached hydrogens (tertiary/aromatic N) is 3. The molecule has 0 bridgehead atoms. The Morgan fingerprint density at radius 3 is 3.04 bits per heavy atom. The van der Waals surface area contributed by atoms with Crippen molar-refractivity contribution in [3.05, 3.63) is 62.3 Å². The molecule has 0 fully saturated rings. The molecule has 0 saturated carbocycles. The van der Waals surface area contributed by atoms with Gasteiger partial charge >= 0.3 is 0 Å². The molecule has 4 rings (SSSR count). The molecular formula is C20H21ClN4O2. The zero-order valence-corrected chi connectivity index (χ0v) is 15.9. The Balaban J connectivity index is 1.61. The summed E-state index contributed by atoms with van der Waals surface area (Å²) in [6, 6.07) is 4.97. The number of rotatable bonds is 4. The van der Waals surface area contributed by atoms with E-state index in [1.807, 2.05) is 6.20 Å². The van der Waals surface area contributed by atoms with Gasteiger partial charge in [-0.15, -0.1) is 0 Å². The standard InChI is InChI=1S/C20H21ClN4O2/c1-2-3-18-23-9-12-10-25(7-6-16(12)24-18)11-15-19(26)14-8-13(21)4-5-17(14)27-20(15)22/h4-5,8-9H,2-3,6-7,10-11,22H2,1H3. The predicted octanol–water partition coefficient (Wildman–Crippen LogP) is 3.33. The molecule has 1 aliphatic heterocycles. The number of halogens is 1. The van der Waals surface area contributed by atoms with Crippen molar-refractivity contribution >= 4 is 28.5 Å². The van der Waals surface area contributed by atoms with Crippen LogP contribution in [-0.4, -0.2) is 21.4 Å². The van der Waals surface area contributed by atoms with Crippen molar-refractivity contribution in [1.29, 1.82) is 0 Å². The maximum absolute atomic E-state index is 12.9. The third kappa shape index (κ3) is 3.55. The minimum absolute atomic E-state index is 0.128. The topological polar surface area (TPSA) is 85.2 Å². The van der Waals surface area contributed by atoms with Gasteiger partial charge in [0.2, 0.25) is 0 Å². The minimum atomic E-state index is -0.128. The van der Waals surface area contributed by atoms with E-state index in [-0.39, 0.29) is 11.3 Å². The second-order valence-corrected chi connectivity index (χ2v) is 7.32. The highest BCUT2D eigenvalue weighted by atomic mass is 35.5. The molecular weight excluding hydrogens is 364 g/mol. The van der Waals surface area contributed by atoms with E-state index in [0.29, 0.717) is 34.6 Å². The number of nitrogen functional groups attached to an aromatic ring is 1. The number of aromatic nitrogens is 2. The quantitative estimate of drug-likeness (QED) is 0.742. The summed E-state index contributed by atoms with van der Waals surface area (Å²) in [6.45, 7) is 4.04. The third-order valence-corrected chi connectivity index (χ3v) is 5.13. The fraction of sp³-hybridized carbons (Fsp3) is 0.350. The lowest BCUT2D eigenvalue weighted by Gasteiger charge is -2.28. The zero-order valence-electron chi connectivity index (χ0n) is 15.2.